The number of allylic oxidation sites excluding steroid dienone is 1. The lowest BCUT2D eigenvalue weighted by Crippen LogP contribution is -2.77. The van der Waals surface area contributed by atoms with Crippen molar-refractivity contribution in [3.8, 4) is 0 Å². The van der Waals surface area contributed by atoms with Gasteiger partial charge in [0, 0.05) is 24.2 Å². The maximum absolute atomic E-state index is 4.21. The highest BCUT2D eigenvalue weighted by Gasteiger charge is 2.39. The second kappa shape index (κ2) is 10.2. The summed E-state index contributed by atoms with van der Waals surface area (Å²) in [6.07, 6.45) is 23.1. The van der Waals surface area contributed by atoms with Crippen molar-refractivity contribution < 1.29 is 0 Å². The summed E-state index contributed by atoms with van der Waals surface area (Å²) in [4.78, 5) is 12.6. The first kappa shape index (κ1) is 19.6. The van der Waals surface area contributed by atoms with Crippen molar-refractivity contribution >= 4 is 8.56 Å². The second-order valence-corrected chi connectivity index (χ2v) is 11.9. The van der Waals surface area contributed by atoms with Gasteiger partial charge in [-0.2, -0.15) is 0 Å². The summed E-state index contributed by atoms with van der Waals surface area (Å²) in [7, 11) is -1.93. The molecule has 0 spiro atoms. The third-order valence-electron chi connectivity index (χ3n) is 6.62. The van der Waals surface area contributed by atoms with E-state index in [0.717, 1.165) is 6.04 Å². The topological polar surface area (TPSA) is 36.1 Å². The monoisotopic (exact) mass is 363 g/mol. The van der Waals surface area contributed by atoms with E-state index in [4.69, 9.17) is 0 Å². The predicted octanol–water partition coefficient (Wildman–Crippen LogP) is 4.88. The Morgan fingerprint density at radius 1 is 0.600 bits per heavy atom. The van der Waals surface area contributed by atoms with Crippen LogP contribution in [-0.2, 0) is 0 Å². The highest BCUT2D eigenvalue weighted by molar-refractivity contribution is 6.73. The van der Waals surface area contributed by atoms with E-state index in [1.54, 1.807) is 0 Å². The van der Waals surface area contributed by atoms with Crippen LogP contribution in [0.25, 0.3) is 0 Å². The van der Waals surface area contributed by atoms with Crippen molar-refractivity contribution in [1.82, 2.24) is 14.9 Å². The molecule has 0 aromatic rings. The first-order valence-corrected chi connectivity index (χ1v) is 13.4. The van der Waals surface area contributed by atoms with Crippen LogP contribution in [0.4, 0.5) is 0 Å². The van der Waals surface area contributed by atoms with Crippen LogP contribution >= 0.6 is 0 Å². The largest absolute Gasteiger partial charge is 0.310 e. The van der Waals surface area contributed by atoms with Gasteiger partial charge in [-0.05, 0) is 38.5 Å². The minimum Gasteiger partial charge on any atom is -0.310 e. The van der Waals surface area contributed by atoms with E-state index in [1.165, 1.54) is 96.3 Å². The van der Waals surface area contributed by atoms with Crippen LogP contribution in [0.3, 0.4) is 0 Å². The average molecular weight is 364 g/mol. The maximum atomic E-state index is 4.21. The minimum atomic E-state index is -1.93. The summed E-state index contributed by atoms with van der Waals surface area (Å²) in [5.74, 6) is 0. The molecule has 3 N–H and O–H groups in total. The van der Waals surface area contributed by atoms with E-state index < -0.39 is 8.56 Å². The van der Waals surface area contributed by atoms with Gasteiger partial charge in [0.2, 0.25) is 0 Å². The van der Waals surface area contributed by atoms with Crippen molar-refractivity contribution in [2.45, 2.75) is 120 Å². The lowest BCUT2D eigenvalue weighted by Gasteiger charge is -2.43. The van der Waals surface area contributed by atoms with Gasteiger partial charge in [-0.3, -0.25) is 0 Å². The second-order valence-electron chi connectivity index (χ2n) is 8.84. The zero-order chi connectivity index (χ0) is 17.4. The van der Waals surface area contributed by atoms with Crippen LogP contribution in [0.2, 0.25) is 6.04 Å². The van der Waals surface area contributed by atoms with Crippen LogP contribution in [0.5, 0.6) is 0 Å². The first-order valence-electron chi connectivity index (χ1n) is 11.2. The Bertz CT molecular complexity index is 332. The zero-order valence-electron chi connectivity index (χ0n) is 16.3. The highest BCUT2D eigenvalue weighted by atomic mass is 28.4. The molecule has 144 valence electrons. The highest BCUT2D eigenvalue weighted by Crippen LogP contribution is 2.24. The van der Waals surface area contributed by atoms with E-state index in [9.17, 15) is 0 Å². The molecule has 3 saturated carbocycles. The third-order valence-corrected chi connectivity index (χ3v) is 10.2. The summed E-state index contributed by atoms with van der Waals surface area (Å²) in [6.45, 7) is 4.14. The molecule has 3 rings (SSSR count). The van der Waals surface area contributed by atoms with Crippen molar-refractivity contribution in [3.63, 3.8) is 0 Å². The molecule has 0 saturated heterocycles. The summed E-state index contributed by atoms with van der Waals surface area (Å²) in [6, 6.07) is 3.25. The van der Waals surface area contributed by atoms with Crippen LogP contribution in [0.15, 0.2) is 12.7 Å². The van der Waals surface area contributed by atoms with Gasteiger partial charge in [-0.25, -0.2) is 0 Å². The van der Waals surface area contributed by atoms with Crippen molar-refractivity contribution in [2.75, 3.05) is 0 Å². The van der Waals surface area contributed by atoms with E-state index >= 15 is 0 Å². The lowest BCUT2D eigenvalue weighted by molar-refractivity contribution is 0.366. The van der Waals surface area contributed by atoms with Gasteiger partial charge in [0.1, 0.15) is 0 Å². The van der Waals surface area contributed by atoms with Gasteiger partial charge in [0.15, 0.2) is 0 Å². The molecule has 4 heteroatoms. The SMILES string of the molecule is C=CC[Si](NC1CCCCC1)(NC1CCCCC1)NC1CCCCC1. The van der Waals surface area contributed by atoms with Gasteiger partial charge in [0.25, 0.3) is 8.56 Å². The molecule has 25 heavy (non-hydrogen) atoms. The molecule has 0 amide bonds. The first-order chi connectivity index (χ1) is 12.3. The third kappa shape index (κ3) is 6.19. The summed E-state index contributed by atoms with van der Waals surface area (Å²) in [5.41, 5.74) is 0. The maximum Gasteiger partial charge on any atom is 0.285 e. The molecule has 3 nitrogen and oxygen atoms in total. The van der Waals surface area contributed by atoms with E-state index in [-0.39, 0.29) is 0 Å². The summed E-state index contributed by atoms with van der Waals surface area (Å²) >= 11 is 0. The van der Waals surface area contributed by atoms with Gasteiger partial charge in [-0.1, -0.05) is 63.9 Å². The normalized spacial score (nSPS) is 25.1. The molecule has 0 atom stereocenters. The number of hydrogen-bond acceptors (Lipinski definition) is 3. The Morgan fingerprint density at radius 2 is 0.920 bits per heavy atom. The van der Waals surface area contributed by atoms with Crippen LogP contribution < -0.4 is 14.9 Å². The number of hydrogen-bond donors (Lipinski definition) is 3. The molecule has 0 heterocycles. The van der Waals surface area contributed by atoms with Crippen molar-refractivity contribution in [3.05, 3.63) is 12.7 Å². The smallest absolute Gasteiger partial charge is 0.285 e. The van der Waals surface area contributed by atoms with E-state index in [1.807, 2.05) is 0 Å². The standard InChI is InChI=1S/C21H41N3Si/c1-2-18-25(22-19-12-6-3-7-13-19,23-20-14-8-4-9-15-20)24-21-16-10-5-11-17-21/h2,19-24H,1,3-18H2. The Kier molecular flexibility index (Phi) is 8.03. The Balaban J connectivity index is 1.70. The molecular formula is C21H41N3Si. The van der Waals surface area contributed by atoms with Gasteiger partial charge in [-0.15, -0.1) is 6.58 Å². The predicted molar refractivity (Wildman–Crippen MR) is 111 cm³/mol. The minimum absolute atomic E-state index is 0.715. The fraction of sp³-hybridized carbons (Fsp3) is 0.905. The Morgan fingerprint density at radius 3 is 1.20 bits per heavy atom. The van der Waals surface area contributed by atoms with Gasteiger partial charge in [0.05, 0.1) is 0 Å². The quantitative estimate of drug-likeness (QED) is 0.425. The van der Waals surface area contributed by atoms with Gasteiger partial charge < -0.3 is 14.9 Å². The Labute approximate surface area is 157 Å². The van der Waals surface area contributed by atoms with E-state index in [2.05, 4.69) is 27.6 Å². The molecular weight excluding hydrogens is 322 g/mol. The summed E-state index contributed by atoms with van der Waals surface area (Å²) in [5, 5.41) is 0. The molecule has 0 unspecified atom stereocenters. The fourth-order valence-corrected chi connectivity index (χ4v) is 9.30. The molecule has 3 fully saturated rings. The van der Waals surface area contributed by atoms with Crippen molar-refractivity contribution in [1.29, 1.82) is 0 Å². The fourth-order valence-electron chi connectivity index (χ4n) is 5.30. The van der Waals surface area contributed by atoms with Crippen LogP contribution in [0, 0.1) is 0 Å². The zero-order valence-corrected chi connectivity index (χ0v) is 17.3. The molecule has 0 aliphatic heterocycles. The number of nitrogens with one attached hydrogen (secondary N) is 3. The Hall–Kier alpha value is -0.163. The molecule has 3 aliphatic rings. The van der Waals surface area contributed by atoms with Crippen molar-refractivity contribution in [2.24, 2.45) is 0 Å². The van der Waals surface area contributed by atoms with Crippen LogP contribution in [-0.4, -0.2) is 26.7 Å². The van der Waals surface area contributed by atoms with E-state index in [0.29, 0.717) is 18.1 Å². The van der Waals surface area contributed by atoms with Crippen LogP contribution in [0.1, 0.15) is 96.3 Å². The molecule has 0 aromatic carbocycles. The number of rotatable bonds is 8. The average Bonchev–Trinajstić information content (AvgIpc) is 2.64. The molecule has 0 aromatic heterocycles. The lowest BCUT2D eigenvalue weighted by atomic mass is 9.96. The van der Waals surface area contributed by atoms with Gasteiger partial charge >= 0.3 is 0 Å². The molecule has 3 aliphatic carbocycles. The summed E-state index contributed by atoms with van der Waals surface area (Å²) < 4.78 is 0. The molecule has 0 radical (unpaired) electrons. The molecule has 0 bridgehead atoms.